The molecule has 0 aromatic carbocycles. The van der Waals surface area contributed by atoms with E-state index in [4.69, 9.17) is 5.11 Å². The molecule has 2 aliphatic rings. The minimum atomic E-state index is -0.838. The van der Waals surface area contributed by atoms with Crippen LogP contribution in [0.15, 0.2) is 0 Å². The molecule has 1 saturated heterocycles. The molecule has 0 aromatic heterocycles. The van der Waals surface area contributed by atoms with E-state index in [0.717, 1.165) is 24.6 Å². The summed E-state index contributed by atoms with van der Waals surface area (Å²) >= 11 is 1.84. The molecule has 5 heteroatoms. The van der Waals surface area contributed by atoms with Crippen LogP contribution in [-0.2, 0) is 9.59 Å². The number of carboxylic acid groups (broad SMARTS) is 1. The highest BCUT2D eigenvalue weighted by molar-refractivity contribution is 7.99. The summed E-state index contributed by atoms with van der Waals surface area (Å²) in [5, 5.41) is 9.03. The summed E-state index contributed by atoms with van der Waals surface area (Å²) in [4.78, 5) is 25.0. The first kappa shape index (κ1) is 11.8. The maximum Gasteiger partial charge on any atom is 0.307 e. The summed E-state index contributed by atoms with van der Waals surface area (Å²) in [7, 11) is 0. The molecule has 16 heavy (non-hydrogen) atoms. The number of amides is 1. The molecule has 1 saturated carbocycles. The van der Waals surface area contributed by atoms with Gasteiger partial charge >= 0.3 is 5.97 Å². The predicted molar refractivity (Wildman–Crippen MR) is 62.3 cm³/mol. The highest BCUT2D eigenvalue weighted by Crippen LogP contribution is 2.59. The van der Waals surface area contributed by atoms with Crippen LogP contribution in [0, 0.1) is 17.3 Å². The lowest BCUT2D eigenvalue weighted by atomic mass is 10.1. The fourth-order valence-corrected chi connectivity index (χ4v) is 3.44. The van der Waals surface area contributed by atoms with Gasteiger partial charge in [0.05, 0.1) is 11.8 Å². The van der Waals surface area contributed by atoms with Crippen LogP contribution in [0.25, 0.3) is 0 Å². The van der Waals surface area contributed by atoms with Crippen molar-refractivity contribution >= 4 is 23.6 Å². The molecule has 0 spiro atoms. The van der Waals surface area contributed by atoms with Gasteiger partial charge in [0.15, 0.2) is 0 Å². The maximum atomic E-state index is 12.1. The van der Waals surface area contributed by atoms with Gasteiger partial charge in [-0.2, -0.15) is 11.8 Å². The maximum absolute atomic E-state index is 12.1. The molecule has 4 nitrogen and oxygen atoms in total. The molecule has 1 aliphatic heterocycles. The van der Waals surface area contributed by atoms with Gasteiger partial charge < -0.3 is 10.0 Å². The Morgan fingerprint density at radius 3 is 2.25 bits per heavy atom. The lowest BCUT2D eigenvalue weighted by molar-refractivity contribution is -0.142. The van der Waals surface area contributed by atoms with E-state index >= 15 is 0 Å². The zero-order valence-electron chi connectivity index (χ0n) is 9.60. The molecule has 1 amide bonds. The molecular formula is C11H17NO3S. The van der Waals surface area contributed by atoms with Crippen LogP contribution < -0.4 is 0 Å². The topological polar surface area (TPSA) is 57.6 Å². The number of thioether (sulfide) groups is 1. The van der Waals surface area contributed by atoms with Gasteiger partial charge in [0.2, 0.25) is 5.91 Å². The monoisotopic (exact) mass is 243 g/mol. The Hall–Kier alpha value is -0.710. The Bertz CT molecular complexity index is 323. The van der Waals surface area contributed by atoms with E-state index in [9.17, 15) is 9.59 Å². The molecule has 0 unspecified atom stereocenters. The van der Waals surface area contributed by atoms with Crippen LogP contribution in [0.5, 0.6) is 0 Å². The molecule has 2 fully saturated rings. The van der Waals surface area contributed by atoms with Crippen molar-refractivity contribution in [2.24, 2.45) is 17.3 Å². The van der Waals surface area contributed by atoms with Crippen molar-refractivity contribution in [3.63, 3.8) is 0 Å². The zero-order chi connectivity index (χ0) is 11.9. The summed E-state index contributed by atoms with van der Waals surface area (Å²) in [6, 6.07) is 0. The van der Waals surface area contributed by atoms with Crippen LogP contribution in [-0.4, -0.2) is 46.5 Å². The Kier molecular flexibility index (Phi) is 2.90. The third-order valence-corrected chi connectivity index (χ3v) is 4.62. The Morgan fingerprint density at radius 1 is 1.25 bits per heavy atom. The minimum Gasteiger partial charge on any atom is -0.481 e. The fourth-order valence-electron chi connectivity index (χ4n) is 2.54. The fraction of sp³-hybridized carbons (Fsp3) is 0.818. The summed E-state index contributed by atoms with van der Waals surface area (Å²) in [6.45, 7) is 5.27. The van der Waals surface area contributed by atoms with Crippen LogP contribution in [0.3, 0.4) is 0 Å². The summed E-state index contributed by atoms with van der Waals surface area (Å²) in [5.74, 6) is 0.336. The van der Waals surface area contributed by atoms with E-state index in [1.54, 1.807) is 0 Å². The van der Waals surface area contributed by atoms with E-state index in [-0.39, 0.29) is 17.2 Å². The lowest BCUT2D eigenvalue weighted by Gasteiger charge is -2.27. The van der Waals surface area contributed by atoms with Crippen LogP contribution in [0.2, 0.25) is 0 Å². The normalized spacial score (nSPS) is 32.2. The van der Waals surface area contributed by atoms with Crippen molar-refractivity contribution in [1.82, 2.24) is 4.90 Å². The first-order valence-corrected chi connectivity index (χ1v) is 6.71. The van der Waals surface area contributed by atoms with Crippen molar-refractivity contribution in [2.75, 3.05) is 24.6 Å². The molecule has 2 rings (SSSR count). The second-order valence-electron chi connectivity index (χ2n) is 5.05. The Labute approximate surface area is 99.4 Å². The SMILES string of the molecule is CC1(C)[C@H](C(=O)O)[C@@H]1C(=O)N1CCSCC1. The van der Waals surface area contributed by atoms with E-state index in [2.05, 4.69) is 0 Å². The van der Waals surface area contributed by atoms with Crippen molar-refractivity contribution in [3.8, 4) is 0 Å². The van der Waals surface area contributed by atoms with Gasteiger partial charge in [-0.25, -0.2) is 0 Å². The van der Waals surface area contributed by atoms with Crippen LogP contribution in [0.1, 0.15) is 13.8 Å². The number of carbonyl (C=O) groups is 2. The molecule has 1 N–H and O–H groups in total. The van der Waals surface area contributed by atoms with Crippen LogP contribution >= 0.6 is 11.8 Å². The average Bonchev–Trinajstić information content (AvgIpc) is 2.82. The number of carboxylic acids is 1. The van der Waals surface area contributed by atoms with E-state index in [1.807, 2.05) is 30.5 Å². The largest absolute Gasteiger partial charge is 0.481 e. The molecule has 0 bridgehead atoms. The van der Waals surface area contributed by atoms with E-state index < -0.39 is 11.9 Å². The molecule has 90 valence electrons. The third kappa shape index (κ3) is 1.81. The Morgan fingerprint density at radius 2 is 1.81 bits per heavy atom. The van der Waals surface area contributed by atoms with Crippen molar-refractivity contribution < 1.29 is 14.7 Å². The van der Waals surface area contributed by atoms with Crippen molar-refractivity contribution in [2.45, 2.75) is 13.8 Å². The van der Waals surface area contributed by atoms with E-state index in [0.29, 0.717) is 0 Å². The molecular weight excluding hydrogens is 226 g/mol. The number of carbonyl (C=O) groups excluding carboxylic acids is 1. The smallest absolute Gasteiger partial charge is 0.307 e. The number of nitrogens with zero attached hydrogens (tertiary/aromatic N) is 1. The number of rotatable bonds is 2. The van der Waals surface area contributed by atoms with Crippen molar-refractivity contribution in [1.29, 1.82) is 0 Å². The molecule has 0 radical (unpaired) electrons. The summed E-state index contributed by atoms with van der Waals surface area (Å²) < 4.78 is 0. The van der Waals surface area contributed by atoms with Crippen molar-refractivity contribution in [3.05, 3.63) is 0 Å². The molecule has 2 atom stereocenters. The van der Waals surface area contributed by atoms with Crippen LogP contribution in [0.4, 0.5) is 0 Å². The number of hydrogen-bond acceptors (Lipinski definition) is 3. The second kappa shape index (κ2) is 3.95. The van der Waals surface area contributed by atoms with Gasteiger partial charge in [-0.05, 0) is 5.41 Å². The number of aliphatic carboxylic acids is 1. The first-order valence-electron chi connectivity index (χ1n) is 5.55. The molecule has 1 heterocycles. The lowest BCUT2D eigenvalue weighted by Crippen LogP contribution is -2.39. The zero-order valence-corrected chi connectivity index (χ0v) is 10.4. The minimum absolute atomic E-state index is 0.0395. The summed E-state index contributed by atoms with van der Waals surface area (Å²) in [6.07, 6.45) is 0. The van der Waals surface area contributed by atoms with Gasteiger partial charge in [-0.15, -0.1) is 0 Å². The van der Waals surface area contributed by atoms with Gasteiger partial charge in [0, 0.05) is 24.6 Å². The second-order valence-corrected chi connectivity index (χ2v) is 6.28. The van der Waals surface area contributed by atoms with Gasteiger partial charge in [0.1, 0.15) is 0 Å². The Balaban J connectivity index is 2.03. The molecule has 1 aliphatic carbocycles. The highest BCUT2D eigenvalue weighted by Gasteiger charge is 2.66. The third-order valence-electron chi connectivity index (χ3n) is 3.68. The average molecular weight is 243 g/mol. The quantitative estimate of drug-likeness (QED) is 0.783. The summed E-state index contributed by atoms with van der Waals surface area (Å²) in [5.41, 5.74) is -0.368. The van der Waals surface area contributed by atoms with Gasteiger partial charge in [0.25, 0.3) is 0 Å². The van der Waals surface area contributed by atoms with E-state index in [1.165, 1.54) is 0 Å². The van der Waals surface area contributed by atoms with Gasteiger partial charge in [-0.1, -0.05) is 13.8 Å². The standard InChI is InChI=1S/C11H17NO3S/c1-11(2)7(8(11)10(14)15)9(13)12-3-5-16-6-4-12/h7-8H,3-6H2,1-2H3,(H,14,15)/t7-,8+/m1/s1. The highest BCUT2D eigenvalue weighted by atomic mass is 32.2. The predicted octanol–water partition coefficient (Wildman–Crippen LogP) is 0.919. The number of hydrogen-bond donors (Lipinski definition) is 1. The first-order chi connectivity index (χ1) is 7.46. The molecule has 0 aromatic rings. The van der Waals surface area contributed by atoms with Gasteiger partial charge in [-0.3, -0.25) is 9.59 Å².